The van der Waals surface area contributed by atoms with E-state index in [1.54, 1.807) is 0 Å². The van der Waals surface area contributed by atoms with Crippen molar-refractivity contribution < 1.29 is 4.79 Å². The molecule has 154 valence electrons. The third-order valence-electron chi connectivity index (χ3n) is 5.19. The topological polar surface area (TPSA) is 50.2 Å². The maximum atomic E-state index is 13.2. The molecule has 3 rings (SSSR count). The van der Waals surface area contributed by atoms with Crippen molar-refractivity contribution in [2.24, 2.45) is 5.92 Å². The van der Waals surface area contributed by atoms with Gasteiger partial charge in [-0.05, 0) is 37.5 Å². The number of hydrogen-bond acceptors (Lipinski definition) is 3. The molecule has 1 fully saturated rings. The van der Waals surface area contributed by atoms with E-state index in [1.807, 2.05) is 40.8 Å². The predicted molar refractivity (Wildman–Crippen MR) is 116 cm³/mol. The van der Waals surface area contributed by atoms with Crippen molar-refractivity contribution in [2.45, 2.75) is 46.7 Å². The number of rotatable bonds is 5. The van der Waals surface area contributed by atoms with Crippen LogP contribution in [0.25, 0.3) is 0 Å². The molecule has 2 aromatic rings. The lowest BCUT2D eigenvalue weighted by Gasteiger charge is -2.36. The molecule has 1 amide bonds. The molecule has 0 saturated carbocycles. The SMILES string of the molecule is Cc1nn(CC(C)C)c(C)c1CC(=O)N1CCNCC1c1cccc(Cl)c1.Cl. The van der Waals surface area contributed by atoms with Gasteiger partial charge in [0, 0.05) is 42.5 Å². The van der Waals surface area contributed by atoms with Crippen molar-refractivity contribution in [3.8, 4) is 0 Å². The van der Waals surface area contributed by atoms with Crippen LogP contribution in [0.2, 0.25) is 5.02 Å². The standard InChI is InChI=1S/C21H29ClN4O.ClH/c1-14(2)13-26-16(4)19(15(3)24-26)11-21(27)25-9-8-23-12-20(25)17-6-5-7-18(22)10-17;/h5-7,10,14,20,23H,8-9,11-13H2,1-4H3;1H. The predicted octanol–water partition coefficient (Wildman–Crippen LogP) is 3.95. The molecule has 5 nitrogen and oxygen atoms in total. The van der Waals surface area contributed by atoms with Gasteiger partial charge in [-0.3, -0.25) is 9.48 Å². The maximum absolute atomic E-state index is 13.2. The number of nitrogens with one attached hydrogen (secondary N) is 1. The van der Waals surface area contributed by atoms with Gasteiger partial charge in [-0.25, -0.2) is 0 Å². The zero-order valence-corrected chi connectivity index (χ0v) is 18.6. The van der Waals surface area contributed by atoms with Gasteiger partial charge in [0.15, 0.2) is 0 Å². The number of nitrogens with zero attached hydrogens (tertiary/aromatic N) is 3. The summed E-state index contributed by atoms with van der Waals surface area (Å²) in [5.74, 6) is 0.670. The molecule has 1 aromatic carbocycles. The summed E-state index contributed by atoms with van der Waals surface area (Å²) in [6, 6.07) is 7.82. The molecule has 0 radical (unpaired) electrons. The molecular weight excluding hydrogens is 395 g/mol. The molecular formula is C21H30Cl2N4O. The van der Waals surface area contributed by atoms with Gasteiger partial charge in [0.1, 0.15) is 0 Å². The molecule has 1 N–H and O–H groups in total. The van der Waals surface area contributed by atoms with Crippen LogP contribution in [0.1, 0.15) is 42.4 Å². The minimum absolute atomic E-state index is 0. The number of amides is 1. The Morgan fingerprint density at radius 3 is 2.79 bits per heavy atom. The molecule has 2 heterocycles. The average Bonchev–Trinajstić information content (AvgIpc) is 2.88. The molecule has 1 aromatic heterocycles. The average molecular weight is 425 g/mol. The molecule has 1 saturated heterocycles. The summed E-state index contributed by atoms with van der Waals surface area (Å²) in [6.07, 6.45) is 0.396. The van der Waals surface area contributed by atoms with Crippen LogP contribution >= 0.6 is 24.0 Å². The van der Waals surface area contributed by atoms with Crippen molar-refractivity contribution in [1.29, 1.82) is 0 Å². The highest BCUT2D eigenvalue weighted by molar-refractivity contribution is 6.30. The number of aryl methyl sites for hydroxylation is 1. The Morgan fingerprint density at radius 1 is 1.36 bits per heavy atom. The van der Waals surface area contributed by atoms with E-state index in [4.69, 9.17) is 11.6 Å². The van der Waals surface area contributed by atoms with Gasteiger partial charge < -0.3 is 10.2 Å². The third kappa shape index (κ3) is 5.07. The van der Waals surface area contributed by atoms with E-state index in [0.717, 1.165) is 42.1 Å². The minimum Gasteiger partial charge on any atom is -0.333 e. The van der Waals surface area contributed by atoms with Crippen LogP contribution in [-0.2, 0) is 17.8 Å². The largest absolute Gasteiger partial charge is 0.333 e. The van der Waals surface area contributed by atoms with Gasteiger partial charge in [-0.1, -0.05) is 37.6 Å². The first kappa shape index (κ1) is 22.7. The second kappa shape index (κ2) is 9.77. The van der Waals surface area contributed by atoms with Crippen molar-refractivity contribution in [2.75, 3.05) is 19.6 Å². The van der Waals surface area contributed by atoms with Crippen molar-refractivity contribution >= 4 is 29.9 Å². The van der Waals surface area contributed by atoms with Crippen LogP contribution in [0.5, 0.6) is 0 Å². The summed E-state index contributed by atoms with van der Waals surface area (Å²) in [6.45, 7) is 11.6. The molecule has 0 spiro atoms. The van der Waals surface area contributed by atoms with Crippen molar-refractivity contribution in [1.82, 2.24) is 20.0 Å². The Labute approximate surface area is 178 Å². The van der Waals surface area contributed by atoms with E-state index < -0.39 is 0 Å². The summed E-state index contributed by atoms with van der Waals surface area (Å²) >= 11 is 6.17. The Balaban J connectivity index is 0.00000280. The van der Waals surface area contributed by atoms with E-state index in [9.17, 15) is 4.79 Å². The first-order chi connectivity index (χ1) is 12.9. The molecule has 0 aliphatic carbocycles. The summed E-state index contributed by atoms with van der Waals surface area (Å²) < 4.78 is 2.04. The number of carbonyl (C=O) groups excluding carboxylic acids is 1. The fourth-order valence-corrected chi connectivity index (χ4v) is 3.98. The number of carbonyl (C=O) groups is 1. The molecule has 0 bridgehead atoms. The first-order valence-electron chi connectivity index (χ1n) is 9.65. The highest BCUT2D eigenvalue weighted by atomic mass is 35.5. The Bertz CT molecular complexity index is 819. The molecule has 1 unspecified atom stereocenters. The number of piperazine rings is 1. The van der Waals surface area contributed by atoms with Gasteiger partial charge >= 0.3 is 0 Å². The lowest BCUT2D eigenvalue weighted by Crippen LogP contribution is -2.49. The zero-order chi connectivity index (χ0) is 19.6. The third-order valence-corrected chi connectivity index (χ3v) is 5.43. The second-order valence-corrected chi connectivity index (χ2v) is 8.20. The zero-order valence-electron chi connectivity index (χ0n) is 17.0. The lowest BCUT2D eigenvalue weighted by molar-refractivity contribution is -0.133. The van der Waals surface area contributed by atoms with Crippen LogP contribution < -0.4 is 5.32 Å². The van der Waals surface area contributed by atoms with Gasteiger partial charge in [-0.15, -0.1) is 12.4 Å². The quantitative estimate of drug-likeness (QED) is 0.790. The fraction of sp³-hybridized carbons (Fsp3) is 0.524. The van der Waals surface area contributed by atoms with E-state index in [2.05, 4.69) is 31.2 Å². The Morgan fingerprint density at radius 2 is 2.11 bits per heavy atom. The van der Waals surface area contributed by atoms with Crippen LogP contribution in [0.4, 0.5) is 0 Å². The van der Waals surface area contributed by atoms with E-state index in [1.165, 1.54) is 0 Å². The molecule has 28 heavy (non-hydrogen) atoms. The number of aromatic nitrogens is 2. The van der Waals surface area contributed by atoms with Crippen LogP contribution in [0.3, 0.4) is 0 Å². The normalized spacial score (nSPS) is 16.9. The van der Waals surface area contributed by atoms with Gasteiger partial charge in [-0.2, -0.15) is 5.10 Å². The maximum Gasteiger partial charge on any atom is 0.227 e. The van der Waals surface area contributed by atoms with Gasteiger partial charge in [0.2, 0.25) is 5.91 Å². The highest BCUT2D eigenvalue weighted by Gasteiger charge is 2.29. The molecule has 1 atom stereocenters. The number of hydrogen-bond donors (Lipinski definition) is 1. The van der Waals surface area contributed by atoms with Gasteiger partial charge in [0.25, 0.3) is 0 Å². The first-order valence-corrected chi connectivity index (χ1v) is 10.0. The number of benzene rings is 1. The summed E-state index contributed by atoms with van der Waals surface area (Å²) in [5.41, 5.74) is 4.19. The monoisotopic (exact) mass is 424 g/mol. The summed E-state index contributed by atoms with van der Waals surface area (Å²) in [5, 5.41) is 8.75. The fourth-order valence-electron chi connectivity index (χ4n) is 3.78. The Kier molecular flexibility index (Phi) is 7.93. The van der Waals surface area contributed by atoms with Gasteiger partial charge in [0.05, 0.1) is 18.2 Å². The van der Waals surface area contributed by atoms with Crippen LogP contribution in [0.15, 0.2) is 24.3 Å². The second-order valence-electron chi connectivity index (χ2n) is 7.76. The lowest BCUT2D eigenvalue weighted by atomic mass is 10.0. The molecule has 1 aliphatic rings. The van der Waals surface area contributed by atoms with E-state index in [-0.39, 0.29) is 24.4 Å². The number of halogens is 2. The Hall–Kier alpha value is -1.56. The smallest absolute Gasteiger partial charge is 0.227 e. The summed E-state index contributed by atoms with van der Waals surface area (Å²) in [7, 11) is 0. The van der Waals surface area contributed by atoms with Crippen LogP contribution in [-0.4, -0.2) is 40.2 Å². The highest BCUT2D eigenvalue weighted by Crippen LogP contribution is 2.26. The minimum atomic E-state index is 0. The van der Waals surface area contributed by atoms with Crippen molar-refractivity contribution in [3.63, 3.8) is 0 Å². The summed E-state index contributed by atoms with van der Waals surface area (Å²) in [4.78, 5) is 15.2. The van der Waals surface area contributed by atoms with Crippen molar-refractivity contribution in [3.05, 3.63) is 51.8 Å². The van der Waals surface area contributed by atoms with E-state index >= 15 is 0 Å². The molecule has 7 heteroatoms. The van der Waals surface area contributed by atoms with Crippen LogP contribution in [0, 0.1) is 19.8 Å². The van der Waals surface area contributed by atoms with E-state index in [0.29, 0.717) is 23.9 Å². The molecule has 1 aliphatic heterocycles.